The van der Waals surface area contributed by atoms with Crippen LogP contribution in [0.3, 0.4) is 0 Å². The number of aryl methyl sites for hydroxylation is 1. The summed E-state index contributed by atoms with van der Waals surface area (Å²) >= 11 is 0. The van der Waals surface area contributed by atoms with Gasteiger partial charge < -0.3 is 10.6 Å². The van der Waals surface area contributed by atoms with Gasteiger partial charge in [-0.05, 0) is 42.7 Å². The van der Waals surface area contributed by atoms with Crippen LogP contribution in [0, 0.1) is 6.92 Å². The number of amides is 2. The van der Waals surface area contributed by atoms with E-state index in [-0.39, 0.29) is 17.5 Å². The maximum atomic E-state index is 12.8. The molecule has 0 aliphatic carbocycles. The summed E-state index contributed by atoms with van der Waals surface area (Å²) in [6.07, 6.45) is 5.98. The third-order valence-electron chi connectivity index (χ3n) is 4.70. The van der Waals surface area contributed by atoms with Gasteiger partial charge in [-0.2, -0.15) is 0 Å². The number of rotatable bonds is 8. The van der Waals surface area contributed by atoms with Gasteiger partial charge in [-0.3, -0.25) is 9.59 Å². The molecule has 0 bridgehead atoms. The van der Waals surface area contributed by atoms with Gasteiger partial charge in [0.2, 0.25) is 0 Å². The first-order valence-electron chi connectivity index (χ1n) is 10.3. The van der Waals surface area contributed by atoms with Crippen LogP contribution < -0.4 is 10.6 Å². The summed E-state index contributed by atoms with van der Waals surface area (Å²) in [6.45, 7) is 2.44. The minimum Gasteiger partial charge on any atom is -0.350 e. The van der Waals surface area contributed by atoms with Gasteiger partial charge in [-0.25, -0.2) is 0 Å². The highest BCUT2D eigenvalue weighted by Gasteiger charge is 2.13. The third-order valence-corrected chi connectivity index (χ3v) is 4.70. The van der Waals surface area contributed by atoms with Crippen LogP contribution >= 0.6 is 0 Å². The molecule has 3 rings (SSSR count). The van der Waals surface area contributed by atoms with Gasteiger partial charge in [0.15, 0.2) is 0 Å². The van der Waals surface area contributed by atoms with Crippen LogP contribution in [0.2, 0.25) is 0 Å². The van der Waals surface area contributed by atoms with E-state index in [1.807, 2.05) is 85.8 Å². The minimum atomic E-state index is -0.325. The van der Waals surface area contributed by atoms with Crippen LogP contribution in [0.25, 0.3) is 6.08 Å². The molecular weight excluding hydrogens is 384 g/mol. The Labute approximate surface area is 183 Å². The zero-order chi connectivity index (χ0) is 21.9. The Morgan fingerprint density at radius 2 is 1.48 bits per heavy atom. The molecule has 31 heavy (non-hydrogen) atoms. The molecule has 156 valence electrons. The van der Waals surface area contributed by atoms with Gasteiger partial charge in [-0.15, -0.1) is 0 Å². The highest BCUT2D eigenvalue weighted by atomic mass is 16.2. The average molecular weight is 411 g/mol. The molecule has 0 aliphatic heterocycles. The molecule has 0 atom stereocenters. The van der Waals surface area contributed by atoms with Crippen molar-refractivity contribution in [1.82, 2.24) is 10.6 Å². The largest absolute Gasteiger partial charge is 0.350 e. The Bertz CT molecular complexity index is 1050. The summed E-state index contributed by atoms with van der Waals surface area (Å²) in [5.74, 6) is -0.647. The summed E-state index contributed by atoms with van der Waals surface area (Å²) in [6, 6.07) is 26.9. The quantitative estimate of drug-likeness (QED) is 0.418. The van der Waals surface area contributed by atoms with Crippen molar-refractivity contribution in [1.29, 1.82) is 0 Å². The van der Waals surface area contributed by atoms with Crippen LogP contribution in [0.15, 0.2) is 103 Å². The molecule has 0 aromatic heterocycles. The molecule has 0 heterocycles. The van der Waals surface area contributed by atoms with E-state index >= 15 is 0 Å². The number of benzene rings is 3. The molecule has 0 saturated heterocycles. The van der Waals surface area contributed by atoms with Crippen molar-refractivity contribution >= 4 is 17.9 Å². The zero-order valence-corrected chi connectivity index (χ0v) is 17.5. The van der Waals surface area contributed by atoms with Gasteiger partial charge in [0.05, 0.1) is 0 Å². The van der Waals surface area contributed by atoms with Crippen molar-refractivity contribution in [3.63, 3.8) is 0 Å². The molecule has 2 amide bonds. The first-order chi connectivity index (χ1) is 15.1. The Kier molecular flexibility index (Phi) is 7.95. The van der Waals surface area contributed by atoms with E-state index in [1.165, 1.54) is 0 Å². The number of carbonyl (C=O) groups is 2. The normalized spacial score (nSPS) is 11.3. The molecule has 0 aliphatic rings. The van der Waals surface area contributed by atoms with Gasteiger partial charge in [-0.1, -0.05) is 90.5 Å². The second-order valence-corrected chi connectivity index (χ2v) is 7.16. The van der Waals surface area contributed by atoms with E-state index in [2.05, 4.69) is 10.6 Å². The summed E-state index contributed by atoms with van der Waals surface area (Å²) < 4.78 is 0. The Hall–Kier alpha value is -3.92. The van der Waals surface area contributed by atoms with E-state index in [9.17, 15) is 9.59 Å². The highest BCUT2D eigenvalue weighted by Crippen LogP contribution is 2.06. The van der Waals surface area contributed by atoms with Crippen molar-refractivity contribution in [3.05, 3.63) is 125 Å². The molecule has 0 spiro atoms. The maximum absolute atomic E-state index is 12.8. The highest BCUT2D eigenvalue weighted by molar-refractivity contribution is 6.03. The molecule has 0 unspecified atom stereocenters. The Morgan fingerprint density at radius 3 is 2.16 bits per heavy atom. The smallest absolute Gasteiger partial charge is 0.267 e. The lowest BCUT2D eigenvalue weighted by molar-refractivity contribution is -0.117. The number of allylic oxidation sites excluding steroid dienone is 2. The minimum absolute atomic E-state index is 0.200. The molecule has 3 aromatic carbocycles. The SMILES string of the molecule is Cc1ccc(C(=O)NC(=CC=Cc2ccccc2)C(=O)NCCc2ccccc2)cc1. The average Bonchev–Trinajstić information content (AvgIpc) is 2.80. The lowest BCUT2D eigenvalue weighted by atomic mass is 10.1. The number of nitrogens with one attached hydrogen (secondary N) is 2. The van der Waals surface area contributed by atoms with E-state index in [1.54, 1.807) is 24.3 Å². The van der Waals surface area contributed by atoms with Crippen molar-refractivity contribution in [2.45, 2.75) is 13.3 Å². The topological polar surface area (TPSA) is 58.2 Å². The van der Waals surface area contributed by atoms with Crippen molar-refractivity contribution in [2.24, 2.45) is 0 Å². The van der Waals surface area contributed by atoms with E-state index < -0.39 is 0 Å². The first-order valence-corrected chi connectivity index (χ1v) is 10.3. The maximum Gasteiger partial charge on any atom is 0.267 e. The second-order valence-electron chi connectivity index (χ2n) is 7.16. The fraction of sp³-hybridized carbons (Fsp3) is 0.111. The van der Waals surface area contributed by atoms with Gasteiger partial charge >= 0.3 is 0 Å². The van der Waals surface area contributed by atoms with Crippen molar-refractivity contribution < 1.29 is 9.59 Å². The monoisotopic (exact) mass is 410 g/mol. The predicted molar refractivity (Wildman–Crippen MR) is 125 cm³/mol. The van der Waals surface area contributed by atoms with Crippen LogP contribution in [0.5, 0.6) is 0 Å². The predicted octanol–water partition coefficient (Wildman–Crippen LogP) is 4.68. The molecular formula is C27H26N2O2. The van der Waals surface area contributed by atoms with Gasteiger partial charge in [0, 0.05) is 12.1 Å². The third kappa shape index (κ3) is 7.12. The van der Waals surface area contributed by atoms with E-state index in [0.717, 1.165) is 16.7 Å². The van der Waals surface area contributed by atoms with Crippen LogP contribution in [-0.2, 0) is 11.2 Å². The second kappa shape index (κ2) is 11.3. The zero-order valence-electron chi connectivity index (χ0n) is 17.5. The van der Waals surface area contributed by atoms with Gasteiger partial charge in [0.25, 0.3) is 11.8 Å². The number of hydrogen-bond donors (Lipinski definition) is 2. The molecule has 0 fully saturated rings. The van der Waals surface area contributed by atoms with Gasteiger partial charge in [0.1, 0.15) is 5.70 Å². The number of carbonyl (C=O) groups excluding carboxylic acids is 2. The van der Waals surface area contributed by atoms with Crippen molar-refractivity contribution in [2.75, 3.05) is 6.54 Å². The molecule has 0 saturated carbocycles. The standard InChI is InChI=1S/C27H26N2O2/c1-21-15-17-24(18-16-21)26(30)29-25(14-8-13-22-9-4-2-5-10-22)27(31)28-20-19-23-11-6-3-7-12-23/h2-18H,19-20H2,1H3,(H,28,31)(H,29,30). The molecule has 3 aromatic rings. The Balaban J connectivity index is 1.70. The summed E-state index contributed by atoms with van der Waals surface area (Å²) in [4.78, 5) is 25.4. The number of hydrogen-bond acceptors (Lipinski definition) is 2. The molecule has 4 heteroatoms. The lowest BCUT2D eigenvalue weighted by Crippen LogP contribution is -2.35. The first kappa shape index (κ1) is 21.8. The van der Waals surface area contributed by atoms with Crippen LogP contribution in [-0.4, -0.2) is 18.4 Å². The van der Waals surface area contributed by atoms with Crippen molar-refractivity contribution in [3.8, 4) is 0 Å². The molecule has 0 radical (unpaired) electrons. The van der Waals surface area contributed by atoms with Crippen LogP contribution in [0.4, 0.5) is 0 Å². The Morgan fingerprint density at radius 1 is 0.839 bits per heavy atom. The molecule has 2 N–H and O–H groups in total. The molecule has 4 nitrogen and oxygen atoms in total. The van der Waals surface area contributed by atoms with E-state index in [0.29, 0.717) is 18.5 Å². The lowest BCUT2D eigenvalue weighted by Gasteiger charge is -2.11. The fourth-order valence-corrected chi connectivity index (χ4v) is 2.95. The fourth-order valence-electron chi connectivity index (χ4n) is 2.95. The summed E-state index contributed by atoms with van der Waals surface area (Å²) in [5.41, 5.74) is 3.91. The van der Waals surface area contributed by atoms with Crippen LogP contribution in [0.1, 0.15) is 27.0 Å². The summed E-state index contributed by atoms with van der Waals surface area (Å²) in [5, 5.41) is 5.64. The van der Waals surface area contributed by atoms with E-state index in [4.69, 9.17) is 0 Å². The summed E-state index contributed by atoms with van der Waals surface area (Å²) in [7, 11) is 0.